The average Bonchev–Trinajstić information content (AvgIpc) is 2.32. The Morgan fingerprint density at radius 1 is 1.12 bits per heavy atom. The number of benzene rings is 2. The molecule has 0 aliphatic carbocycles. The zero-order valence-electron chi connectivity index (χ0n) is 9.01. The minimum Gasteiger partial charge on any atom is -0.496 e. The molecule has 0 bridgehead atoms. The molecule has 0 atom stereocenters. The van der Waals surface area contributed by atoms with Crippen molar-refractivity contribution in [3.8, 4) is 16.9 Å². The van der Waals surface area contributed by atoms with Crippen molar-refractivity contribution in [3.05, 3.63) is 51.7 Å². The summed E-state index contributed by atoms with van der Waals surface area (Å²) in [6, 6.07) is 9.89. The molecular formula is C13H9BrClFO. The monoisotopic (exact) mass is 314 g/mol. The first-order valence-electron chi connectivity index (χ1n) is 4.91. The third-order valence-corrected chi connectivity index (χ3v) is 3.11. The lowest BCUT2D eigenvalue weighted by Crippen LogP contribution is -1.90. The van der Waals surface area contributed by atoms with Gasteiger partial charge in [-0.1, -0.05) is 27.5 Å². The summed E-state index contributed by atoms with van der Waals surface area (Å²) in [5.74, 6) is 0.253. The van der Waals surface area contributed by atoms with Gasteiger partial charge in [0.2, 0.25) is 0 Å². The molecule has 0 aliphatic rings. The van der Waals surface area contributed by atoms with Crippen LogP contribution in [0.1, 0.15) is 0 Å². The average molecular weight is 316 g/mol. The van der Waals surface area contributed by atoms with Crippen LogP contribution in [-0.4, -0.2) is 7.11 Å². The van der Waals surface area contributed by atoms with Gasteiger partial charge in [0, 0.05) is 20.6 Å². The normalized spacial score (nSPS) is 10.4. The minimum atomic E-state index is -0.297. The summed E-state index contributed by atoms with van der Waals surface area (Å²) in [4.78, 5) is 0. The molecule has 4 heteroatoms. The fourth-order valence-electron chi connectivity index (χ4n) is 1.59. The van der Waals surface area contributed by atoms with Crippen LogP contribution in [0.3, 0.4) is 0 Å². The lowest BCUT2D eigenvalue weighted by molar-refractivity contribution is 0.416. The van der Waals surface area contributed by atoms with Crippen LogP contribution in [0.4, 0.5) is 4.39 Å². The fourth-order valence-corrected chi connectivity index (χ4v) is 2.11. The zero-order chi connectivity index (χ0) is 12.4. The lowest BCUT2D eigenvalue weighted by Gasteiger charge is -2.10. The number of hydrogen-bond donors (Lipinski definition) is 0. The van der Waals surface area contributed by atoms with Gasteiger partial charge < -0.3 is 4.74 Å². The molecule has 1 nitrogen and oxygen atoms in total. The van der Waals surface area contributed by atoms with E-state index in [1.165, 1.54) is 13.2 Å². The number of rotatable bonds is 2. The Hall–Kier alpha value is -1.06. The summed E-state index contributed by atoms with van der Waals surface area (Å²) in [5, 5.41) is 0.556. The van der Waals surface area contributed by atoms with Crippen molar-refractivity contribution in [2.45, 2.75) is 0 Å². The van der Waals surface area contributed by atoms with Gasteiger partial charge >= 0.3 is 0 Å². The number of hydrogen-bond acceptors (Lipinski definition) is 1. The molecule has 0 radical (unpaired) electrons. The van der Waals surface area contributed by atoms with E-state index >= 15 is 0 Å². The van der Waals surface area contributed by atoms with Gasteiger partial charge in [-0.3, -0.25) is 0 Å². The van der Waals surface area contributed by atoms with Crippen molar-refractivity contribution in [1.82, 2.24) is 0 Å². The van der Waals surface area contributed by atoms with E-state index in [0.29, 0.717) is 21.9 Å². The molecule has 2 rings (SSSR count). The third-order valence-electron chi connectivity index (χ3n) is 2.38. The highest BCUT2D eigenvalue weighted by Gasteiger charge is 2.11. The summed E-state index contributed by atoms with van der Waals surface area (Å²) in [5.41, 5.74) is 1.16. The van der Waals surface area contributed by atoms with E-state index < -0.39 is 0 Å². The van der Waals surface area contributed by atoms with E-state index in [4.69, 9.17) is 16.3 Å². The van der Waals surface area contributed by atoms with Gasteiger partial charge in [0.05, 0.1) is 7.11 Å². The van der Waals surface area contributed by atoms with Crippen LogP contribution in [0.25, 0.3) is 11.1 Å². The second-order valence-corrected chi connectivity index (χ2v) is 4.82. The zero-order valence-corrected chi connectivity index (χ0v) is 11.3. The van der Waals surface area contributed by atoms with Crippen LogP contribution in [0.15, 0.2) is 40.9 Å². The quantitative estimate of drug-likeness (QED) is 0.764. The Kier molecular flexibility index (Phi) is 3.69. The van der Waals surface area contributed by atoms with Gasteiger partial charge in [0.15, 0.2) is 0 Å². The number of ether oxygens (including phenoxy) is 1. The van der Waals surface area contributed by atoms with Crippen molar-refractivity contribution < 1.29 is 9.13 Å². The van der Waals surface area contributed by atoms with Crippen molar-refractivity contribution in [2.75, 3.05) is 7.11 Å². The molecule has 17 heavy (non-hydrogen) atoms. The Bertz CT molecular complexity index is 557. The Morgan fingerprint density at radius 2 is 1.88 bits per heavy atom. The SMILES string of the molecule is COc1cc(Cl)ccc1-c1cc(Br)ccc1F. The Morgan fingerprint density at radius 3 is 2.59 bits per heavy atom. The molecule has 0 heterocycles. The fraction of sp³-hybridized carbons (Fsp3) is 0.0769. The molecule has 0 fully saturated rings. The van der Waals surface area contributed by atoms with Crippen molar-refractivity contribution in [2.24, 2.45) is 0 Å². The molecule has 0 saturated carbocycles. The number of methoxy groups -OCH3 is 1. The standard InChI is InChI=1S/C13H9BrClFO/c1-17-13-7-9(15)3-4-10(13)11-6-8(14)2-5-12(11)16/h2-7H,1H3. The Balaban J connectivity index is 2.63. The van der Waals surface area contributed by atoms with Gasteiger partial charge in [-0.15, -0.1) is 0 Å². The van der Waals surface area contributed by atoms with E-state index in [9.17, 15) is 4.39 Å². The highest BCUT2D eigenvalue weighted by atomic mass is 79.9. The summed E-state index contributed by atoms with van der Waals surface area (Å²) < 4.78 is 19.8. The molecule has 88 valence electrons. The van der Waals surface area contributed by atoms with Crippen molar-refractivity contribution in [3.63, 3.8) is 0 Å². The van der Waals surface area contributed by atoms with Gasteiger partial charge in [0.25, 0.3) is 0 Å². The highest BCUT2D eigenvalue weighted by molar-refractivity contribution is 9.10. The van der Waals surface area contributed by atoms with Crippen LogP contribution in [0.2, 0.25) is 5.02 Å². The highest BCUT2D eigenvalue weighted by Crippen LogP contribution is 2.35. The van der Waals surface area contributed by atoms with Crippen molar-refractivity contribution in [1.29, 1.82) is 0 Å². The molecule has 0 spiro atoms. The van der Waals surface area contributed by atoms with Gasteiger partial charge in [-0.25, -0.2) is 4.39 Å². The molecule has 0 aromatic heterocycles. The predicted octanol–water partition coefficient (Wildman–Crippen LogP) is 4.92. The van der Waals surface area contributed by atoms with E-state index in [0.717, 1.165) is 4.47 Å². The topological polar surface area (TPSA) is 9.23 Å². The van der Waals surface area contributed by atoms with Crippen LogP contribution in [0, 0.1) is 5.82 Å². The molecule has 2 aromatic rings. The maximum Gasteiger partial charge on any atom is 0.131 e. The van der Waals surface area contributed by atoms with E-state index in [2.05, 4.69) is 15.9 Å². The van der Waals surface area contributed by atoms with E-state index in [1.54, 1.807) is 30.3 Å². The van der Waals surface area contributed by atoms with Crippen LogP contribution >= 0.6 is 27.5 Å². The number of halogens is 3. The molecule has 0 saturated heterocycles. The molecular weight excluding hydrogens is 306 g/mol. The molecule has 0 aliphatic heterocycles. The molecule has 2 aromatic carbocycles. The Labute approximate surface area is 112 Å². The minimum absolute atomic E-state index is 0.297. The third kappa shape index (κ3) is 2.61. The van der Waals surface area contributed by atoms with Crippen LogP contribution in [0.5, 0.6) is 5.75 Å². The summed E-state index contributed by atoms with van der Waals surface area (Å²) >= 11 is 9.19. The van der Waals surface area contributed by atoms with Crippen LogP contribution < -0.4 is 4.74 Å². The second kappa shape index (κ2) is 5.07. The van der Waals surface area contributed by atoms with Gasteiger partial charge in [-0.2, -0.15) is 0 Å². The smallest absolute Gasteiger partial charge is 0.131 e. The first-order valence-corrected chi connectivity index (χ1v) is 6.08. The summed E-state index contributed by atoms with van der Waals surface area (Å²) in [7, 11) is 1.53. The molecule has 0 N–H and O–H groups in total. The lowest BCUT2D eigenvalue weighted by atomic mass is 10.0. The molecule has 0 amide bonds. The first-order chi connectivity index (χ1) is 8.11. The van der Waals surface area contributed by atoms with Gasteiger partial charge in [-0.05, 0) is 36.4 Å². The van der Waals surface area contributed by atoms with Crippen molar-refractivity contribution >= 4 is 27.5 Å². The summed E-state index contributed by atoms with van der Waals surface area (Å²) in [6.45, 7) is 0. The summed E-state index contributed by atoms with van der Waals surface area (Å²) in [6.07, 6.45) is 0. The maximum absolute atomic E-state index is 13.8. The van der Waals surface area contributed by atoms with E-state index in [-0.39, 0.29) is 5.82 Å². The second-order valence-electron chi connectivity index (χ2n) is 3.47. The van der Waals surface area contributed by atoms with Gasteiger partial charge in [0.1, 0.15) is 11.6 Å². The first kappa shape index (κ1) is 12.4. The molecule has 0 unspecified atom stereocenters. The van der Waals surface area contributed by atoms with E-state index in [1.807, 2.05) is 0 Å². The maximum atomic E-state index is 13.8. The largest absolute Gasteiger partial charge is 0.496 e. The van der Waals surface area contributed by atoms with Crippen LogP contribution in [-0.2, 0) is 0 Å². The predicted molar refractivity (Wildman–Crippen MR) is 71.1 cm³/mol.